The summed E-state index contributed by atoms with van der Waals surface area (Å²) in [4.78, 5) is 11.2. The van der Waals surface area contributed by atoms with Crippen LogP contribution in [0.25, 0.3) is 22.2 Å². The second kappa shape index (κ2) is 4.49. The third-order valence-electron chi connectivity index (χ3n) is 2.87. The predicted octanol–water partition coefficient (Wildman–Crippen LogP) is 2.20. The number of hydrogen-bond donors (Lipinski definition) is 1. The van der Waals surface area contributed by atoms with Crippen LogP contribution in [0.2, 0.25) is 0 Å². The molecule has 0 bridgehead atoms. The fourth-order valence-corrected chi connectivity index (χ4v) is 1.90. The SMILES string of the molecule is NC(=O)c1cccc(-c2cc3c[c]ccc3nn2)c1. The van der Waals surface area contributed by atoms with Crippen LogP contribution in [0.5, 0.6) is 0 Å². The van der Waals surface area contributed by atoms with Crippen molar-refractivity contribution in [1.82, 2.24) is 10.2 Å². The van der Waals surface area contributed by atoms with E-state index in [-0.39, 0.29) is 0 Å². The molecule has 3 aromatic rings. The average Bonchev–Trinajstić information content (AvgIpc) is 2.47. The lowest BCUT2D eigenvalue weighted by molar-refractivity contribution is 0.100. The zero-order chi connectivity index (χ0) is 13.2. The van der Waals surface area contributed by atoms with Gasteiger partial charge in [0.15, 0.2) is 0 Å². The maximum absolute atomic E-state index is 11.2. The van der Waals surface area contributed by atoms with Crippen molar-refractivity contribution in [3.63, 3.8) is 0 Å². The Kier molecular flexibility index (Phi) is 2.68. The van der Waals surface area contributed by atoms with Crippen LogP contribution in [0, 0.1) is 6.07 Å². The van der Waals surface area contributed by atoms with E-state index in [1.54, 1.807) is 24.3 Å². The lowest BCUT2D eigenvalue weighted by atomic mass is 10.1. The van der Waals surface area contributed by atoms with Crippen molar-refractivity contribution in [2.75, 3.05) is 0 Å². The number of nitrogens with two attached hydrogens (primary N) is 1. The van der Waals surface area contributed by atoms with E-state index in [1.165, 1.54) is 0 Å². The summed E-state index contributed by atoms with van der Waals surface area (Å²) in [6, 6.07) is 17.5. The number of aromatic nitrogens is 2. The topological polar surface area (TPSA) is 68.9 Å². The molecule has 0 unspecified atom stereocenters. The van der Waals surface area contributed by atoms with Crippen molar-refractivity contribution in [1.29, 1.82) is 0 Å². The summed E-state index contributed by atoms with van der Waals surface area (Å²) in [6.45, 7) is 0. The number of fused-ring (bicyclic) bond motifs is 1. The second-order valence-corrected chi connectivity index (χ2v) is 4.16. The van der Waals surface area contributed by atoms with E-state index >= 15 is 0 Å². The van der Waals surface area contributed by atoms with Gasteiger partial charge in [-0.25, -0.2) is 0 Å². The second-order valence-electron chi connectivity index (χ2n) is 4.16. The monoisotopic (exact) mass is 248 g/mol. The summed E-state index contributed by atoms with van der Waals surface area (Å²) in [5, 5.41) is 9.26. The van der Waals surface area contributed by atoms with Crippen LogP contribution in [-0.2, 0) is 0 Å². The Morgan fingerprint density at radius 3 is 2.89 bits per heavy atom. The van der Waals surface area contributed by atoms with Gasteiger partial charge in [-0.05, 0) is 36.4 Å². The van der Waals surface area contributed by atoms with Gasteiger partial charge in [-0.2, -0.15) is 0 Å². The highest BCUT2D eigenvalue weighted by molar-refractivity contribution is 5.94. The van der Waals surface area contributed by atoms with E-state index in [2.05, 4.69) is 16.3 Å². The molecule has 0 atom stereocenters. The Labute approximate surface area is 109 Å². The molecule has 0 saturated heterocycles. The molecular weight excluding hydrogens is 238 g/mol. The number of primary amides is 1. The van der Waals surface area contributed by atoms with Crippen LogP contribution >= 0.6 is 0 Å². The van der Waals surface area contributed by atoms with Crippen molar-refractivity contribution in [3.05, 3.63) is 60.2 Å². The zero-order valence-corrected chi connectivity index (χ0v) is 10.00. The Balaban J connectivity index is 2.13. The highest BCUT2D eigenvalue weighted by Crippen LogP contribution is 2.21. The van der Waals surface area contributed by atoms with E-state index in [1.807, 2.05) is 24.3 Å². The van der Waals surface area contributed by atoms with Crippen LogP contribution in [0.4, 0.5) is 0 Å². The van der Waals surface area contributed by atoms with Crippen molar-refractivity contribution in [2.45, 2.75) is 0 Å². The number of benzene rings is 2. The zero-order valence-electron chi connectivity index (χ0n) is 10.00. The standard InChI is InChI=1S/C15H10N3O/c16-15(19)12-6-3-5-10(8-12)14-9-11-4-1-2-7-13(11)17-18-14/h2-9H,(H2,16,19). The first-order valence-electron chi connectivity index (χ1n) is 5.78. The number of rotatable bonds is 2. The quantitative estimate of drug-likeness (QED) is 0.755. The molecule has 2 N–H and O–H groups in total. The minimum Gasteiger partial charge on any atom is -0.366 e. The van der Waals surface area contributed by atoms with Crippen molar-refractivity contribution < 1.29 is 4.79 Å². The molecule has 3 rings (SSSR count). The average molecular weight is 248 g/mol. The Hall–Kier alpha value is -2.75. The summed E-state index contributed by atoms with van der Waals surface area (Å²) in [6.07, 6.45) is 0. The first kappa shape index (κ1) is 11.3. The highest BCUT2D eigenvalue weighted by atomic mass is 16.1. The lowest BCUT2D eigenvalue weighted by Gasteiger charge is -2.03. The molecule has 1 amide bonds. The van der Waals surface area contributed by atoms with Crippen LogP contribution in [0.1, 0.15) is 10.4 Å². The minimum atomic E-state index is -0.455. The summed E-state index contributed by atoms with van der Waals surface area (Å²) < 4.78 is 0. The molecule has 0 aliphatic rings. The summed E-state index contributed by atoms with van der Waals surface area (Å²) >= 11 is 0. The number of carbonyl (C=O) groups is 1. The van der Waals surface area contributed by atoms with Crippen molar-refractivity contribution in [2.24, 2.45) is 5.73 Å². The molecule has 0 fully saturated rings. The summed E-state index contributed by atoms with van der Waals surface area (Å²) in [5.41, 5.74) is 8.06. The van der Waals surface area contributed by atoms with Crippen LogP contribution in [0.15, 0.2) is 48.5 Å². The summed E-state index contributed by atoms with van der Waals surface area (Å²) in [5.74, 6) is -0.455. The minimum absolute atomic E-state index is 0.455. The number of hydrogen-bond acceptors (Lipinski definition) is 3. The number of amides is 1. The van der Waals surface area contributed by atoms with E-state index in [9.17, 15) is 4.79 Å². The maximum Gasteiger partial charge on any atom is 0.248 e. The molecule has 0 aliphatic carbocycles. The van der Waals surface area contributed by atoms with Gasteiger partial charge < -0.3 is 5.73 Å². The first-order chi connectivity index (χ1) is 9.24. The van der Waals surface area contributed by atoms with Gasteiger partial charge in [0.2, 0.25) is 5.91 Å². The first-order valence-corrected chi connectivity index (χ1v) is 5.78. The van der Waals surface area contributed by atoms with Gasteiger partial charge in [0.1, 0.15) is 0 Å². The van der Waals surface area contributed by atoms with Crippen molar-refractivity contribution in [3.8, 4) is 11.3 Å². The molecule has 4 nitrogen and oxygen atoms in total. The number of carbonyl (C=O) groups excluding carboxylic acids is 1. The molecular formula is C15H10N3O. The molecule has 2 aromatic carbocycles. The van der Waals surface area contributed by atoms with Gasteiger partial charge >= 0.3 is 0 Å². The lowest BCUT2D eigenvalue weighted by Crippen LogP contribution is -2.10. The molecule has 91 valence electrons. The van der Waals surface area contributed by atoms with Gasteiger partial charge in [0.05, 0.1) is 11.2 Å². The van der Waals surface area contributed by atoms with E-state index in [0.717, 1.165) is 16.5 Å². The third-order valence-corrected chi connectivity index (χ3v) is 2.87. The molecule has 1 radical (unpaired) electrons. The van der Waals surface area contributed by atoms with Crippen LogP contribution in [-0.4, -0.2) is 16.1 Å². The predicted molar refractivity (Wildman–Crippen MR) is 72.3 cm³/mol. The fraction of sp³-hybridized carbons (Fsp3) is 0. The molecule has 0 saturated carbocycles. The highest BCUT2D eigenvalue weighted by Gasteiger charge is 2.05. The summed E-state index contributed by atoms with van der Waals surface area (Å²) in [7, 11) is 0. The smallest absolute Gasteiger partial charge is 0.248 e. The van der Waals surface area contributed by atoms with Crippen LogP contribution < -0.4 is 5.73 Å². The number of nitrogens with zero attached hydrogens (tertiary/aromatic N) is 2. The van der Waals surface area contributed by atoms with Gasteiger partial charge in [0.25, 0.3) is 0 Å². The maximum atomic E-state index is 11.2. The normalized spacial score (nSPS) is 10.5. The molecule has 0 aliphatic heterocycles. The Morgan fingerprint density at radius 2 is 2.05 bits per heavy atom. The fourth-order valence-electron chi connectivity index (χ4n) is 1.90. The van der Waals surface area contributed by atoms with Gasteiger partial charge in [-0.3, -0.25) is 4.79 Å². The van der Waals surface area contributed by atoms with Gasteiger partial charge in [-0.1, -0.05) is 18.2 Å². The largest absolute Gasteiger partial charge is 0.366 e. The third kappa shape index (κ3) is 2.15. The van der Waals surface area contributed by atoms with Gasteiger partial charge in [0, 0.05) is 16.5 Å². The van der Waals surface area contributed by atoms with E-state index < -0.39 is 5.91 Å². The van der Waals surface area contributed by atoms with Gasteiger partial charge in [-0.15, -0.1) is 10.2 Å². The molecule has 1 heterocycles. The van der Waals surface area contributed by atoms with E-state index in [0.29, 0.717) is 11.3 Å². The molecule has 4 heteroatoms. The Bertz CT molecular complexity index is 768. The van der Waals surface area contributed by atoms with E-state index in [4.69, 9.17) is 5.73 Å². The molecule has 1 aromatic heterocycles. The Morgan fingerprint density at radius 1 is 1.16 bits per heavy atom. The molecule has 19 heavy (non-hydrogen) atoms. The molecule has 0 spiro atoms. The van der Waals surface area contributed by atoms with Crippen LogP contribution in [0.3, 0.4) is 0 Å². The van der Waals surface area contributed by atoms with Crippen molar-refractivity contribution >= 4 is 16.8 Å².